The van der Waals surface area contributed by atoms with E-state index in [-0.39, 0.29) is 0 Å². The molecule has 1 aliphatic rings. The molecule has 0 radical (unpaired) electrons. The van der Waals surface area contributed by atoms with E-state index in [0.717, 1.165) is 37.6 Å². The normalized spacial score (nSPS) is 16.1. The Balaban J connectivity index is 1.93. The maximum Gasteiger partial charge on any atom is 0.191 e. The molecule has 5 heteroatoms. The van der Waals surface area contributed by atoms with Gasteiger partial charge in [0.15, 0.2) is 5.96 Å². The van der Waals surface area contributed by atoms with E-state index < -0.39 is 0 Å². The first kappa shape index (κ1) is 15.6. The average Bonchev–Trinajstić information content (AvgIpc) is 2.55. The predicted octanol–water partition coefficient (Wildman–Crippen LogP) is 2.23. The summed E-state index contributed by atoms with van der Waals surface area (Å²) >= 11 is 0. The van der Waals surface area contributed by atoms with Crippen molar-refractivity contribution in [2.45, 2.75) is 39.7 Å². The van der Waals surface area contributed by atoms with Crippen molar-refractivity contribution in [3.63, 3.8) is 0 Å². The highest BCUT2D eigenvalue weighted by Gasteiger charge is 2.11. The van der Waals surface area contributed by atoms with Crippen LogP contribution in [0.2, 0.25) is 0 Å². The Bertz CT molecular complexity index is 444. The number of anilines is 1. The monoisotopic (exact) mass is 289 g/mol. The van der Waals surface area contributed by atoms with Gasteiger partial charge in [-0.3, -0.25) is 0 Å². The first-order chi connectivity index (χ1) is 10.2. The number of guanidine groups is 1. The van der Waals surface area contributed by atoms with Crippen molar-refractivity contribution in [2.24, 2.45) is 10.7 Å². The number of aliphatic imine (C=N–C) groups is 1. The quantitative estimate of drug-likeness (QED) is 0.667. The molecule has 0 atom stereocenters. The molecule has 21 heavy (non-hydrogen) atoms. The number of nitrogens with two attached hydrogens (primary N) is 1. The summed E-state index contributed by atoms with van der Waals surface area (Å²) in [6, 6.07) is 4.16. The molecule has 1 fully saturated rings. The summed E-state index contributed by atoms with van der Waals surface area (Å²) in [4.78, 5) is 13.4. The van der Waals surface area contributed by atoms with Crippen molar-refractivity contribution in [1.29, 1.82) is 0 Å². The lowest BCUT2D eigenvalue weighted by Crippen LogP contribution is -2.40. The minimum absolute atomic E-state index is 0.605. The second-order valence-electron chi connectivity index (χ2n) is 5.42. The summed E-state index contributed by atoms with van der Waals surface area (Å²) < 4.78 is 0. The summed E-state index contributed by atoms with van der Waals surface area (Å²) in [5, 5.41) is 0. The van der Waals surface area contributed by atoms with E-state index >= 15 is 0 Å². The van der Waals surface area contributed by atoms with Crippen LogP contribution in [-0.4, -0.2) is 42.0 Å². The molecule has 116 valence electrons. The lowest BCUT2D eigenvalue weighted by atomic mass is 10.1. The SMILES string of the molecule is CCN(CC)c1ccc(CN=C(N)N2CCCCC2)cn1. The highest BCUT2D eigenvalue weighted by atomic mass is 15.2. The molecule has 0 spiro atoms. The molecule has 1 saturated heterocycles. The van der Waals surface area contributed by atoms with Crippen LogP contribution in [0.5, 0.6) is 0 Å². The van der Waals surface area contributed by atoms with Crippen LogP contribution in [0.4, 0.5) is 5.82 Å². The fourth-order valence-electron chi connectivity index (χ4n) is 2.64. The van der Waals surface area contributed by atoms with Crippen molar-refractivity contribution in [3.05, 3.63) is 23.9 Å². The van der Waals surface area contributed by atoms with Crippen LogP contribution < -0.4 is 10.6 Å². The van der Waals surface area contributed by atoms with Gasteiger partial charge in [0.1, 0.15) is 5.82 Å². The van der Waals surface area contributed by atoms with Crippen molar-refractivity contribution in [3.8, 4) is 0 Å². The molecule has 2 heterocycles. The summed E-state index contributed by atoms with van der Waals surface area (Å²) in [6.45, 7) is 8.91. The first-order valence-corrected chi connectivity index (χ1v) is 7.99. The van der Waals surface area contributed by atoms with Gasteiger partial charge in [0.05, 0.1) is 6.54 Å². The molecule has 0 saturated carbocycles. The molecule has 1 aromatic rings. The van der Waals surface area contributed by atoms with E-state index in [2.05, 4.69) is 45.8 Å². The molecule has 1 aliphatic heterocycles. The molecule has 0 aromatic carbocycles. The Morgan fingerprint density at radius 1 is 1.24 bits per heavy atom. The Morgan fingerprint density at radius 2 is 1.95 bits per heavy atom. The van der Waals surface area contributed by atoms with Gasteiger partial charge in [0, 0.05) is 32.4 Å². The zero-order valence-corrected chi connectivity index (χ0v) is 13.3. The second-order valence-corrected chi connectivity index (χ2v) is 5.42. The van der Waals surface area contributed by atoms with Gasteiger partial charge >= 0.3 is 0 Å². The van der Waals surface area contributed by atoms with Crippen LogP contribution in [0.3, 0.4) is 0 Å². The Labute approximate surface area is 127 Å². The second kappa shape index (κ2) is 7.86. The fourth-order valence-corrected chi connectivity index (χ4v) is 2.64. The lowest BCUT2D eigenvalue weighted by molar-refractivity contribution is 0.338. The van der Waals surface area contributed by atoms with Crippen LogP contribution in [-0.2, 0) is 6.54 Å². The van der Waals surface area contributed by atoms with Crippen LogP contribution >= 0.6 is 0 Å². The van der Waals surface area contributed by atoms with E-state index in [0.29, 0.717) is 12.5 Å². The van der Waals surface area contributed by atoms with Gasteiger partial charge in [0.25, 0.3) is 0 Å². The average molecular weight is 289 g/mol. The van der Waals surface area contributed by atoms with E-state index in [9.17, 15) is 0 Å². The van der Waals surface area contributed by atoms with Crippen molar-refractivity contribution in [2.75, 3.05) is 31.1 Å². The summed E-state index contributed by atoms with van der Waals surface area (Å²) in [6.07, 6.45) is 5.65. The Hall–Kier alpha value is -1.78. The topological polar surface area (TPSA) is 57.8 Å². The number of rotatable bonds is 5. The highest BCUT2D eigenvalue weighted by Crippen LogP contribution is 2.12. The number of hydrogen-bond donors (Lipinski definition) is 1. The van der Waals surface area contributed by atoms with Crippen LogP contribution in [0.25, 0.3) is 0 Å². The highest BCUT2D eigenvalue weighted by molar-refractivity contribution is 5.78. The number of pyridine rings is 1. The third-order valence-corrected chi connectivity index (χ3v) is 4.00. The van der Waals surface area contributed by atoms with Crippen LogP contribution in [0.15, 0.2) is 23.3 Å². The number of piperidine rings is 1. The van der Waals surface area contributed by atoms with E-state index in [1.54, 1.807) is 0 Å². The van der Waals surface area contributed by atoms with E-state index in [4.69, 9.17) is 5.73 Å². The third kappa shape index (κ3) is 4.34. The van der Waals surface area contributed by atoms with Crippen molar-refractivity contribution < 1.29 is 0 Å². The van der Waals surface area contributed by atoms with Gasteiger partial charge in [-0.15, -0.1) is 0 Å². The third-order valence-electron chi connectivity index (χ3n) is 4.00. The van der Waals surface area contributed by atoms with Gasteiger partial charge in [-0.1, -0.05) is 6.07 Å². The molecular weight excluding hydrogens is 262 g/mol. The minimum atomic E-state index is 0.605. The molecule has 0 amide bonds. The largest absolute Gasteiger partial charge is 0.370 e. The van der Waals surface area contributed by atoms with Crippen LogP contribution in [0.1, 0.15) is 38.7 Å². The maximum absolute atomic E-state index is 6.06. The van der Waals surface area contributed by atoms with E-state index in [1.807, 2.05) is 6.20 Å². The van der Waals surface area contributed by atoms with Gasteiger partial charge in [-0.25, -0.2) is 9.98 Å². The predicted molar refractivity (Wildman–Crippen MR) is 88.5 cm³/mol. The molecule has 1 aromatic heterocycles. The fraction of sp³-hybridized carbons (Fsp3) is 0.625. The number of aromatic nitrogens is 1. The maximum atomic E-state index is 6.06. The number of nitrogens with zero attached hydrogens (tertiary/aromatic N) is 4. The molecule has 0 aliphatic carbocycles. The Kier molecular flexibility index (Phi) is 5.84. The van der Waals surface area contributed by atoms with Gasteiger partial charge < -0.3 is 15.5 Å². The summed E-state index contributed by atoms with van der Waals surface area (Å²) in [7, 11) is 0. The van der Waals surface area contributed by atoms with Gasteiger partial charge in [-0.2, -0.15) is 0 Å². The van der Waals surface area contributed by atoms with Crippen molar-refractivity contribution >= 4 is 11.8 Å². The van der Waals surface area contributed by atoms with Crippen molar-refractivity contribution in [1.82, 2.24) is 9.88 Å². The number of hydrogen-bond acceptors (Lipinski definition) is 3. The minimum Gasteiger partial charge on any atom is -0.370 e. The smallest absolute Gasteiger partial charge is 0.191 e. The summed E-state index contributed by atoms with van der Waals surface area (Å²) in [5.41, 5.74) is 7.17. The molecule has 2 N–H and O–H groups in total. The zero-order chi connectivity index (χ0) is 15.1. The molecule has 0 unspecified atom stereocenters. The van der Waals surface area contributed by atoms with Gasteiger partial charge in [-0.05, 0) is 44.7 Å². The van der Waals surface area contributed by atoms with Gasteiger partial charge in [0.2, 0.25) is 0 Å². The van der Waals surface area contributed by atoms with E-state index in [1.165, 1.54) is 19.3 Å². The summed E-state index contributed by atoms with van der Waals surface area (Å²) in [5.74, 6) is 1.69. The Morgan fingerprint density at radius 3 is 2.52 bits per heavy atom. The molecule has 2 rings (SSSR count). The number of likely N-dealkylation sites (tertiary alicyclic amines) is 1. The molecular formula is C16H27N5. The molecule has 0 bridgehead atoms. The lowest BCUT2D eigenvalue weighted by Gasteiger charge is -2.27. The first-order valence-electron chi connectivity index (χ1n) is 7.99. The zero-order valence-electron chi connectivity index (χ0n) is 13.3. The van der Waals surface area contributed by atoms with Crippen LogP contribution in [0, 0.1) is 0 Å². The molecule has 5 nitrogen and oxygen atoms in total. The standard InChI is InChI=1S/C16H27N5/c1-3-20(4-2)15-9-8-14(12-18-15)13-19-16(17)21-10-6-5-7-11-21/h8-9,12H,3-7,10-11,13H2,1-2H3,(H2,17,19).